The molecule has 0 bridgehead atoms. The molecule has 0 radical (unpaired) electrons. The number of pyridine rings is 1. The maximum atomic E-state index is 6.30. The van der Waals surface area contributed by atoms with Gasteiger partial charge < -0.3 is 5.73 Å². The number of hydrogen-bond acceptors (Lipinski definition) is 3. The first kappa shape index (κ1) is 14.0. The van der Waals surface area contributed by atoms with Crippen LogP contribution in [0.4, 0.5) is 5.69 Å². The smallest absolute Gasteiger partial charge is 0.0536 e. The van der Waals surface area contributed by atoms with Crippen LogP contribution < -0.4 is 5.73 Å². The van der Waals surface area contributed by atoms with Crippen LogP contribution >= 0.6 is 11.8 Å². The summed E-state index contributed by atoms with van der Waals surface area (Å²) < 4.78 is 0. The summed E-state index contributed by atoms with van der Waals surface area (Å²) in [7, 11) is 0. The van der Waals surface area contributed by atoms with Gasteiger partial charge >= 0.3 is 0 Å². The van der Waals surface area contributed by atoms with Crippen molar-refractivity contribution >= 4 is 28.2 Å². The van der Waals surface area contributed by atoms with Crippen molar-refractivity contribution in [1.29, 1.82) is 0 Å². The van der Waals surface area contributed by atoms with Gasteiger partial charge in [0.2, 0.25) is 0 Å². The lowest BCUT2D eigenvalue weighted by Crippen LogP contribution is -1.91. The van der Waals surface area contributed by atoms with Crippen molar-refractivity contribution in [2.24, 2.45) is 0 Å². The Hall–Kier alpha value is -2.00. The van der Waals surface area contributed by atoms with Gasteiger partial charge in [-0.2, -0.15) is 0 Å². The molecule has 0 unspecified atom stereocenters. The van der Waals surface area contributed by atoms with E-state index in [0.29, 0.717) is 5.92 Å². The fourth-order valence-electron chi connectivity index (χ4n) is 2.31. The van der Waals surface area contributed by atoms with Crippen LogP contribution in [0.3, 0.4) is 0 Å². The predicted octanol–water partition coefficient (Wildman–Crippen LogP) is 5.09. The molecule has 106 valence electrons. The Bertz CT molecular complexity index is 764. The summed E-state index contributed by atoms with van der Waals surface area (Å²) in [6.45, 7) is 4.41. The molecule has 3 aromatic rings. The van der Waals surface area contributed by atoms with E-state index in [9.17, 15) is 0 Å². The first-order valence-corrected chi connectivity index (χ1v) is 7.87. The molecular weight excluding hydrogens is 276 g/mol. The maximum absolute atomic E-state index is 6.30. The summed E-state index contributed by atoms with van der Waals surface area (Å²) in [6.07, 6.45) is 3.63. The summed E-state index contributed by atoms with van der Waals surface area (Å²) in [4.78, 5) is 6.43. The maximum Gasteiger partial charge on any atom is 0.0536 e. The van der Waals surface area contributed by atoms with E-state index in [4.69, 9.17) is 5.73 Å². The van der Waals surface area contributed by atoms with Crippen LogP contribution in [0, 0.1) is 0 Å². The third-order valence-electron chi connectivity index (χ3n) is 3.60. The Morgan fingerprint density at radius 3 is 2.48 bits per heavy atom. The largest absolute Gasteiger partial charge is 0.397 e. The Labute approximate surface area is 129 Å². The molecular formula is C18H18N2S. The van der Waals surface area contributed by atoms with Crippen LogP contribution in [0.2, 0.25) is 0 Å². The Kier molecular flexibility index (Phi) is 3.84. The molecule has 0 saturated carbocycles. The first-order chi connectivity index (χ1) is 10.1. The van der Waals surface area contributed by atoms with E-state index in [0.717, 1.165) is 21.4 Å². The van der Waals surface area contributed by atoms with Crippen LogP contribution in [0.1, 0.15) is 25.3 Å². The van der Waals surface area contributed by atoms with Crippen molar-refractivity contribution < 1.29 is 0 Å². The number of rotatable bonds is 3. The van der Waals surface area contributed by atoms with E-state index in [2.05, 4.69) is 55.2 Å². The number of benzene rings is 2. The van der Waals surface area contributed by atoms with E-state index in [-0.39, 0.29) is 0 Å². The van der Waals surface area contributed by atoms with Gasteiger partial charge in [0.05, 0.1) is 5.69 Å². The van der Waals surface area contributed by atoms with Crippen molar-refractivity contribution in [3.63, 3.8) is 0 Å². The van der Waals surface area contributed by atoms with E-state index < -0.39 is 0 Å². The highest BCUT2D eigenvalue weighted by atomic mass is 32.2. The van der Waals surface area contributed by atoms with Gasteiger partial charge in [0.25, 0.3) is 0 Å². The van der Waals surface area contributed by atoms with Gasteiger partial charge in [-0.25, -0.2) is 0 Å². The van der Waals surface area contributed by atoms with Crippen LogP contribution in [0.25, 0.3) is 10.8 Å². The first-order valence-electron chi connectivity index (χ1n) is 7.05. The van der Waals surface area contributed by atoms with Crippen molar-refractivity contribution in [3.8, 4) is 0 Å². The third-order valence-corrected chi connectivity index (χ3v) is 4.68. The highest BCUT2D eigenvalue weighted by Gasteiger charge is 2.07. The second-order valence-corrected chi connectivity index (χ2v) is 6.52. The zero-order chi connectivity index (χ0) is 14.8. The molecule has 0 aliphatic rings. The van der Waals surface area contributed by atoms with Crippen LogP contribution in [0.5, 0.6) is 0 Å². The van der Waals surface area contributed by atoms with Crippen LogP contribution in [-0.2, 0) is 0 Å². The van der Waals surface area contributed by atoms with E-state index in [1.165, 1.54) is 10.5 Å². The minimum atomic E-state index is 0.558. The molecule has 0 spiro atoms. The molecule has 0 amide bonds. The molecule has 0 fully saturated rings. The minimum Gasteiger partial charge on any atom is -0.397 e. The average molecular weight is 294 g/mol. The normalized spacial score (nSPS) is 11.2. The minimum absolute atomic E-state index is 0.558. The van der Waals surface area contributed by atoms with Crippen LogP contribution in [0.15, 0.2) is 64.6 Å². The second-order valence-electron chi connectivity index (χ2n) is 5.40. The molecule has 3 rings (SSSR count). The highest BCUT2D eigenvalue weighted by Crippen LogP contribution is 2.36. The fraction of sp³-hybridized carbons (Fsp3) is 0.167. The zero-order valence-electron chi connectivity index (χ0n) is 12.2. The number of aromatic nitrogens is 1. The average Bonchev–Trinajstić information content (AvgIpc) is 2.51. The van der Waals surface area contributed by atoms with Gasteiger partial charge in [0, 0.05) is 33.0 Å². The van der Waals surface area contributed by atoms with E-state index in [1.54, 1.807) is 18.0 Å². The molecule has 0 aliphatic heterocycles. The molecule has 2 N–H and O–H groups in total. The van der Waals surface area contributed by atoms with Crippen LogP contribution in [-0.4, -0.2) is 4.98 Å². The lowest BCUT2D eigenvalue weighted by atomic mass is 10.0. The van der Waals surface area contributed by atoms with Gasteiger partial charge in [-0.05, 0) is 35.7 Å². The summed E-state index contributed by atoms with van der Waals surface area (Å²) in [6, 6.07) is 14.8. The summed E-state index contributed by atoms with van der Waals surface area (Å²) in [5.74, 6) is 0.558. The Morgan fingerprint density at radius 2 is 1.76 bits per heavy atom. The molecule has 0 atom stereocenters. The number of nitrogens with two attached hydrogens (primary N) is 1. The standard InChI is InChI=1S/C18H18N2S/c1-12(2)13-3-6-15(7-4-13)21-17-8-5-14-11-20-10-9-16(14)18(17)19/h3-12H,19H2,1-2H3. The van der Waals surface area contributed by atoms with Gasteiger partial charge in [0.1, 0.15) is 0 Å². The zero-order valence-corrected chi connectivity index (χ0v) is 13.0. The molecule has 21 heavy (non-hydrogen) atoms. The lowest BCUT2D eigenvalue weighted by molar-refractivity contribution is 0.865. The number of anilines is 1. The number of hydrogen-bond donors (Lipinski definition) is 1. The molecule has 0 aliphatic carbocycles. The van der Waals surface area contributed by atoms with Gasteiger partial charge in [-0.15, -0.1) is 0 Å². The molecule has 2 nitrogen and oxygen atoms in total. The molecule has 2 aromatic carbocycles. The fourth-order valence-corrected chi connectivity index (χ4v) is 3.19. The monoisotopic (exact) mass is 294 g/mol. The molecule has 3 heteroatoms. The Balaban J connectivity index is 1.92. The van der Waals surface area contributed by atoms with Gasteiger partial charge in [0.15, 0.2) is 0 Å². The van der Waals surface area contributed by atoms with Crippen molar-refractivity contribution in [1.82, 2.24) is 4.98 Å². The molecule has 1 heterocycles. The quantitative estimate of drug-likeness (QED) is 0.684. The highest BCUT2D eigenvalue weighted by molar-refractivity contribution is 7.99. The number of fused-ring (bicyclic) bond motifs is 1. The van der Waals surface area contributed by atoms with Crippen molar-refractivity contribution in [3.05, 3.63) is 60.4 Å². The lowest BCUT2D eigenvalue weighted by Gasteiger charge is -2.10. The summed E-state index contributed by atoms with van der Waals surface area (Å²) in [5, 5.41) is 2.14. The Morgan fingerprint density at radius 1 is 1.00 bits per heavy atom. The van der Waals surface area contributed by atoms with Gasteiger partial charge in [-0.3, -0.25) is 4.98 Å². The predicted molar refractivity (Wildman–Crippen MR) is 90.8 cm³/mol. The third kappa shape index (κ3) is 2.88. The SMILES string of the molecule is CC(C)c1ccc(Sc2ccc3cnccc3c2N)cc1. The summed E-state index contributed by atoms with van der Waals surface area (Å²) in [5.41, 5.74) is 8.48. The van der Waals surface area contributed by atoms with E-state index in [1.807, 2.05) is 12.3 Å². The topological polar surface area (TPSA) is 38.9 Å². The van der Waals surface area contributed by atoms with E-state index >= 15 is 0 Å². The molecule has 0 saturated heterocycles. The molecule has 1 aromatic heterocycles. The number of nitrogens with zero attached hydrogens (tertiary/aromatic N) is 1. The summed E-state index contributed by atoms with van der Waals surface area (Å²) >= 11 is 1.70. The van der Waals surface area contributed by atoms with Gasteiger partial charge in [-0.1, -0.05) is 43.8 Å². The van der Waals surface area contributed by atoms with Crippen molar-refractivity contribution in [2.45, 2.75) is 29.6 Å². The second kappa shape index (κ2) is 5.78. The van der Waals surface area contributed by atoms with Crippen molar-refractivity contribution in [2.75, 3.05) is 5.73 Å². The number of nitrogen functional groups attached to an aromatic ring is 1.